The van der Waals surface area contributed by atoms with Crippen molar-refractivity contribution >= 4 is 16.8 Å². The van der Waals surface area contributed by atoms with Gasteiger partial charge in [-0.2, -0.15) is 0 Å². The van der Waals surface area contributed by atoms with Gasteiger partial charge in [-0.15, -0.1) is 0 Å². The first-order chi connectivity index (χ1) is 10.0. The SMILES string of the molecule is CC[C@H](C)NC(=O)CCn1c(=O)[nH]c(=O)c2ccccc21. The number of rotatable bonds is 5. The lowest BCUT2D eigenvalue weighted by Crippen LogP contribution is -2.35. The number of aryl methyl sites for hydroxylation is 1. The number of hydrogen-bond donors (Lipinski definition) is 2. The van der Waals surface area contributed by atoms with Crippen molar-refractivity contribution in [1.29, 1.82) is 0 Å². The average Bonchev–Trinajstić information content (AvgIpc) is 2.46. The van der Waals surface area contributed by atoms with Crippen molar-refractivity contribution in [2.24, 2.45) is 0 Å². The van der Waals surface area contributed by atoms with Crippen LogP contribution in [0.5, 0.6) is 0 Å². The Hall–Kier alpha value is -2.37. The predicted octanol–water partition coefficient (Wildman–Crippen LogP) is 0.995. The zero-order valence-corrected chi connectivity index (χ0v) is 12.2. The molecule has 2 aromatic rings. The summed E-state index contributed by atoms with van der Waals surface area (Å²) in [4.78, 5) is 37.7. The number of amides is 1. The number of H-pyrrole nitrogens is 1. The highest BCUT2D eigenvalue weighted by Gasteiger charge is 2.10. The molecule has 1 aromatic heterocycles. The fourth-order valence-electron chi connectivity index (χ4n) is 2.13. The number of benzene rings is 1. The van der Waals surface area contributed by atoms with Gasteiger partial charge in [-0.3, -0.25) is 19.1 Å². The topological polar surface area (TPSA) is 84.0 Å². The van der Waals surface area contributed by atoms with E-state index in [9.17, 15) is 14.4 Å². The van der Waals surface area contributed by atoms with Crippen LogP contribution in [0.25, 0.3) is 10.9 Å². The van der Waals surface area contributed by atoms with Gasteiger partial charge in [0.05, 0.1) is 10.9 Å². The zero-order valence-electron chi connectivity index (χ0n) is 12.2. The number of carbonyl (C=O) groups is 1. The van der Waals surface area contributed by atoms with E-state index in [2.05, 4.69) is 10.3 Å². The Labute approximate surface area is 121 Å². The second-order valence-corrected chi connectivity index (χ2v) is 5.05. The van der Waals surface area contributed by atoms with Crippen LogP contribution in [0.3, 0.4) is 0 Å². The summed E-state index contributed by atoms with van der Waals surface area (Å²) in [5.74, 6) is -0.105. The highest BCUT2D eigenvalue weighted by Crippen LogP contribution is 2.07. The molecule has 6 nitrogen and oxygen atoms in total. The number of carbonyl (C=O) groups excluding carboxylic acids is 1. The van der Waals surface area contributed by atoms with Crippen LogP contribution in [0.1, 0.15) is 26.7 Å². The molecular formula is C15H19N3O3. The lowest BCUT2D eigenvalue weighted by atomic mass is 10.2. The van der Waals surface area contributed by atoms with Crippen molar-refractivity contribution in [2.75, 3.05) is 0 Å². The molecule has 0 aliphatic rings. The largest absolute Gasteiger partial charge is 0.354 e. The summed E-state index contributed by atoms with van der Waals surface area (Å²) in [6.45, 7) is 4.16. The summed E-state index contributed by atoms with van der Waals surface area (Å²) in [6, 6.07) is 6.97. The fourth-order valence-corrected chi connectivity index (χ4v) is 2.13. The normalized spacial score (nSPS) is 12.3. The van der Waals surface area contributed by atoms with Crippen molar-refractivity contribution in [3.05, 3.63) is 45.1 Å². The van der Waals surface area contributed by atoms with Crippen molar-refractivity contribution in [3.8, 4) is 0 Å². The van der Waals surface area contributed by atoms with Gasteiger partial charge in [-0.05, 0) is 25.5 Å². The minimum atomic E-state index is -0.491. The van der Waals surface area contributed by atoms with Crippen LogP contribution in [-0.4, -0.2) is 21.5 Å². The first kappa shape index (κ1) is 15.0. The van der Waals surface area contributed by atoms with Gasteiger partial charge in [0.15, 0.2) is 0 Å². The van der Waals surface area contributed by atoms with E-state index < -0.39 is 11.2 Å². The molecule has 21 heavy (non-hydrogen) atoms. The van der Waals surface area contributed by atoms with E-state index >= 15 is 0 Å². The molecule has 0 unspecified atom stereocenters. The third kappa shape index (κ3) is 3.39. The number of hydrogen-bond acceptors (Lipinski definition) is 3. The molecule has 0 fully saturated rings. The zero-order chi connectivity index (χ0) is 15.4. The van der Waals surface area contributed by atoms with E-state index in [-0.39, 0.29) is 24.9 Å². The van der Waals surface area contributed by atoms with E-state index in [4.69, 9.17) is 0 Å². The van der Waals surface area contributed by atoms with E-state index in [1.807, 2.05) is 13.8 Å². The number of nitrogens with one attached hydrogen (secondary N) is 2. The first-order valence-corrected chi connectivity index (χ1v) is 7.04. The molecule has 0 aliphatic heterocycles. The average molecular weight is 289 g/mol. The minimum Gasteiger partial charge on any atom is -0.354 e. The number of para-hydroxylation sites is 1. The molecule has 0 aliphatic carbocycles. The number of fused-ring (bicyclic) bond motifs is 1. The maximum absolute atomic E-state index is 11.9. The Kier molecular flexibility index (Phi) is 4.57. The van der Waals surface area contributed by atoms with E-state index in [1.165, 1.54) is 4.57 Å². The highest BCUT2D eigenvalue weighted by atomic mass is 16.2. The predicted molar refractivity (Wildman–Crippen MR) is 81.3 cm³/mol. The summed E-state index contributed by atoms with van der Waals surface area (Å²) in [5.41, 5.74) is -0.353. The summed E-state index contributed by atoms with van der Waals surface area (Å²) >= 11 is 0. The van der Waals surface area contributed by atoms with Gasteiger partial charge in [0, 0.05) is 19.0 Å². The van der Waals surface area contributed by atoms with Crippen LogP contribution in [0.15, 0.2) is 33.9 Å². The van der Waals surface area contributed by atoms with Crippen LogP contribution in [0.4, 0.5) is 0 Å². The molecule has 6 heteroatoms. The van der Waals surface area contributed by atoms with Crippen LogP contribution in [0, 0.1) is 0 Å². The Morgan fingerprint density at radius 2 is 2.05 bits per heavy atom. The Balaban J connectivity index is 2.25. The molecule has 2 rings (SSSR count). The molecule has 0 bridgehead atoms. The maximum atomic E-state index is 11.9. The van der Waals surface area contributed by atoms with Crippen molar-refractivity contribution in [2.45, 2.75) is 39.3 Å². The molecule has 0 saturated heterocycles. The molecule has 112 valence electrons. The fraction of sp³-hybridized carbons (Fsp3) is 0.400. The molecule has 0 radical (unpaired) electrons. The standard InChI is InChI=1S/C15H19N3O3/c1-3-10(2)16-13(19)8-9-18-12-7-5-4-6-11(12)14(20)17-15(18)21/h4-7,10H,3,8-9H2,1-2H3,(H,16,19)(H,17,20,21)/t10-/m0/s1. The van der Waals surface area contributed by atoms with Crippen molar-refractivity contribution < 1.29 is 4.79 Å². The van der Waals surface area contributed by atoms with E-state index in [0.717, 1.165) is 6.42 Å². The van der Waals surface area contributed by atoms with Gasteiger partial charge in [0.1, 0.15) is 0 Å². The molecule has 0 saturated carbocycles. The van der Waals surface area contributed by atoms with E-state index in [1.54, 1.807) is 24.3 Å². The molecule has 1 heterocycles. The Bertz CT molecular complexity index is 761. The molecule has 1 amide bonds. The van der Waals surface area contributed by atoms with Gasteiger partial charge in [0.25, 0.3) is 5.56 Å². The van der Waals surface area contributed by atoms with Gasteiger partial charge in [-0.25, -0.2) is 4.79 Å². The number of nitrogens with zero attached hydrogens (tertiary/aromatic N) is 1. The third-order valence-electron chi connectivity index (χ3n) is 3.49. The molecule has 1 aromatic carbocycles. The Morgan fingerprint density at radius 3 is 2.76 bits per heavy atom. The minimum absolute atomic E-state index is 0.105. The third-order valence-corrected chi connectivity index (χ3v) is 3.49. The lowest BCUT2D eigenvalue weighted by Gasteiger charge is -2.12. The van der Waals surface area contributed by atoms with Crippen molar-refractivity contribution in [3.63, 3.8) is 0 Å². The quantitative estimate of drug-likeness (QED) is 0.861. The van der Waals surface area contributed by atoms with Gasteiger partial charge < -0.3 is 5.32 Å². The lowest BCUT2D eigenvalue weighted by molar-refractivity contribution is -0.121. The van der Waals surface area contributed by atoms with Crippen LogP contribution in [0.2, 0.25) is 0 Å². The maximum Gasteiger partial charge on any atom is 0.328 e. The summed E-state index contributed by atoms with van der Waals surface area (Å²) in [7, 11) is 0. The highest BCUT2D eigenvalue weighted by molar-refractivity contribution is 5.78. The monoisotopic (exact) mass is 289 g/mol. The first-order valence-electron chi connectivity index (χ1n) is 7.04. The Morgan fingerprint density at radius 1 is 1.33 bits per heavy atom. The molecule has 0 spiro atoms. The summed E-state index contributed by atoms with van der Waals surface area (Å²) in [6.07, 6.45) is 1.05. The smallest absolute Gasteiger partial charge is 0.328 e. The van der Waals surface area contributed by atoms with E-state index in [0.29, 0.717) is 10.9 Å². The van der Waals surface area contributed by atoms with Crippen LogP contribution < -0.4 is 16.6 Å². The van der Waals surface area contributed by atoms with Crippen molar-refractivity contribution in [1.82, 2.24) is 14.9 Å². The molecular weight excluding hydrogens is 270 g/mol. The summed E-state index contributed by atoms with van der Waals surface area (Å²) < 4.78 is 1.42. The number of aromatic amines is 1. The summed E-state index contributed by atoms with van der Waals surface area (Å²) in [5, 5.41) is 3.30. The second-order valence-electron chi connectivity index (χ2n) is 5.05. The molecule has 1 atom stereocenters. The van der Waals surface area contributed by atoms with Gasteiger partial charge >= 0.3 is 5.69 Å². The second kappa shape index (κ2) is 6.39. The van der Waals surface area contributed by atoms with Crippen LogP contribution >= 0.6 is 0 Å². The molecule has 2 N–H and O–H groups in total. The van der Waals surface area contributed by atoms with Gasteiger partial charge in [0.2, 0.25) is 5.91 Å². The van der Waals surface area contributed by atoms with Gasteiger partial charge in [-0.1, -0.05) is 19.1 Å². The van der Waals surface area contributed by atoms with Crippen LogP contribution in [-0.2, 0) is 11.3 Å². The number of aromatic nitrogens is 2.